The van der Waals surface area contributed by atoms with Gasteiger partial charge >= 0.3 is 0 Å². The van der Waals surface area contributed by atoms with Crippen molar-refractivity contribution in [3.8, 4) is 0 Å². The fourth-order valence-corrected chi connectivity index (χ4v) is 5.70. The molecular weight excluding hydrogens is 484 g/mol. The maximum atomic E-state index is 9.48. The predicted molar refractivity (Wildman–Crippen MR) is 157 cm³/mol. The monoisotopic (exact) mass is 518 g/mol. The Hall–Kier alpha value is -3.74. The molecule has 1 fully saturated rings. The number of hydrogen-bond acceptors (Lipinski definition) is 5. The highest BCUT2D eigenvalue weighted by molar-refractivity contribution is 6.02. The Labute approximate surface area is 229 Å². The van der Waals surface area contributed by atoms with E-state index in [1.54, 1.807) is 0 Å². The smallest absolute Gasteiger partial charge is 0.185 e. The van der Waals surface area contributed by atoms with Gasteiger partial charge in [-0.05, 0) is 63.5 Å². The van der Waals surface area contributed by atoms with Crippen molar-refractivity contribution in [1.82, 2.24) is 4.90 Å². The maximum absolute atomic E-state index is 9.48. The summed E-state index contributed by atoms with van der Waals surface area (Å²) in [5.74, 6) is 0. The second kappa shape index (κ2) is 11.2. The Morgan fingerprint density at radius 2 is 1.49 bits per heavy atom. The van der Waals surface area contributed by atoms with E-state index in [0.717, 1.165) is 36.2 Å². The molecule has 5 aromatic carbocycles. The van der Waals surface area contributed by atoms with Gasteiger partial charge in [-0.25, -0.2) is 0 Å². The molecule has 0 radical (unpaired) electrons. The molecule has 1 aliphatic rings. The van der Waals surface area contributed by atoms with E-state index in [1.807, 2.05) is 48.5 Å². The Balaban J connectivity index is 1.27. The van der Waals surface area contributed by atoms with E-state index in [4.69, 9.17) is 15.2 Å². The van der Waals surface area contributed by atoms with E-state index in [0.29, 0.717) is 5.69 Å². The van der Waals surface area contributed by atoms with Gasteiger partial charge in [-0.15, -0.1) is 0 Å². The Morgan fingerprint density at radius 1 is 0.795 bits per heavy atom. The van der Waals surface area contributed by atoms with Gasteiger partial charge in [-0.1, -0.05) is 84.9 Å². The number of aliphatic hydroxyl groups is 1. The van der Waals surface area contributed by atoms with Crippen molar-refractivity contribution in [1.29, 1.82) is 0 Å². The number of rotatable bonds is 7. The van der Waals surface area contributed by atoms with Crippen LogP contribution in [0.15, 0.2) is 103 Å². The largest absolute Gasteiger partial charge is 0.399 e. The first-order valence-electron chi connectivity index (χ1n) is 13.5. The molecule has 1 unspecified atom stereocenters. The number of aliphatic hydroxyl groups excluding tert-OH is 1. The number of nitrogen functional groups attached to an aromatic ring is 1. The number of nitrogens with two attached hydrogens (primary N) is 1. The highest BCUT2D eigenvalue weighted by Crippen LogP contribution is 2.39. The van der Waals surface area contributed by atoms with Crippen LogP contribution >= 0.6 is 0 Å². The molecule has 39 heavy (non-hydrogen) atoms. The van der Waals surface area contributed by atoms with Crippen LogP contribution in [0.5, 0.6) is 0 Å². The second-order valence-electron chi connectivity index (χ2n) is 10.5. The second-order valence-corrected chi connectivity index (χ2v) is 10.5. The molecule has 0 amide bonds. The lowest BCUT2D eigenvalue weighted by molar-refractivity contribution is -0.252. The molecule has 6 rings (SSSR count). The summed E-state index contributed by atoms with van der Waals surface area (Å²) >= 11 is 0. The van der Waals surface area contributed by atoms with E-state index in [1.165, 1.54) is 27.1 Å². The van der Waals surface area contributed by atoms with E-state index in [2.05, 4.69) is 66.5 Å². The predicted octanol–water partition coefficient (Wildman–Crippen LogP) is 6.74. The van der Waals surface area contributed by atoms with Crippen molar-refractivity contribution in [2.75, 3.05) is 19.3 Å². The third-order valence-corrected chi connectivity index (χ3v) is 7.62. The van der Waals surface area contributed by atoms with E-state index in [-0.39, 0.29) is 18.8 Å². The van der Waals surface area contributed by atoms with Crippen LogP contribution in [-0.2, 0) is 22.6 Å². The van der Waals surface area contributed by atoms with Crippen LogP contribution in [0, 0.1) is 0 Å². The molecule has 3 atom stereocenters. The number of fused-ring (bicyclic) bond motifs is 2. The molecule has 198 valence electrons. The van der Waals surface area contributed by atoms with Crippen LogP contribution < -0.4 is 5.73 Å². The Bertz CT molecular complexity index is 1530. The van der Waals surface area contributed by atoms with Crippen molar-refractivity contribution in [3.05, 3.63) is 125 Å². The molecule has 0 spiro atoms. The number of anilines is 1. The lowest BCUT2D eigenvalue weighted by atomic mass is 9.96. The molecule has 0 aromatic heterocycles. The average molecular weight is 519 g/mol. The quantitative estimate of drug-likeness (QED) is 0.184. The third kappa shape index (κ3) is 5.54. The molecule has 5 heteroatoms. The summed E-state index contributed by atoms with van der Waals surface area (Å²) in [7, 11) is 2.16. The molecule has 3 N–H and O–H groups in total. The van der Waals surface area contributed by atoms with Gasteiger partial charge in [-0.2, -0.15) is 0 Å². The Morgan fingerprint density at radius 3 is 2.15 bits per heavy atom. The minimum atomic E-state index is -0.512. The van der Waals surface area contributed by atoms with Crippen molar-refractivity contribution in [2.45, 2.75) is 38.1 Å². The first-order valence-corrected chi connectivity index (χ1v) is 13.5. The zero-order valence-electron chi connectivity index (χ0n) is 22.2. The standard InChI is InChI=1S/C34H34N2O3/c1-36(21-32-30-11-4-2-7-25(30)17-26-8-3-5-12-31(26)32)20-29-19-33(24-15-13-23(22-37)14-16-24)39-34(38-29)27-9-6-10-28(35)18-27/h2-18,29,33-34,37H,19-22,35H2,1H3/t29-,33+,34?/m0/s1. The summed E-state index contributed by atoms with van der Waals surface area (Å²) in [6.45, 7) is 1.59. The van der Waals surface area contributed by atoms with Gasteiger partial charge in [0.05, 0.1) is 18.8 Å². The summed E-state index contributed by atoms with van der Waals surface area (Å²) in [6, 6.07) is 35.3. The minimum absolute atomic E-state index is 0.0249. The van der Waals surface area contributed by atoms with Gasteiger partial charge in [0.2, 0.25) is 0 Å². The van der Waals surface area contributed by atoms with Crippen LogP contribution in [0.3, 0.4) is 0 Å². The van der Waals surface area contributed by atoms with Gasteiger partial charge < -0.3 is 20.3 Å². The van der Waals surface area contributed by atoms with Gasteiger partial charge in [0.15, 0.2) is 6.29 Å². The topological polar surface area (TPSA) is 68.0 Å². The van der Waals surface area contributed by atoms with Crippen LogP contribution in [0.1, 0.15) is 41.1 Å². The molecular formula is C34H34N2O3. The summed E-state index contributed by atoms with van der Waals surface area (Å²) in [5, 5.41) is 14.6. The van der Waals surface area contributed by atoms with Gasteiger partial charge in [-0.3, -0.25) is 4.90 Å². The molecule has 5 nitrogen and oxygen atoms in total. The molecule has 0 aliphatic carbocycles. The zero-order chi connectivity index (χ0) is 26.8. The molecule has 1 aliphatic heterocycles. The lowest BCUT2D eigenvalue weighted by Crippen LogP contribution is -2.37. The SMILES string of the molecule is CN(Cc1c2ccccc2cc2ccccc12)C[C@@H]1C[C@H](c2ccc(CO)cc2)OC(c2cccc(N)c2)O1. The maximum Gasteiger partial charge on any atom is 0.185 e. The summed E-state index contributed by atoms with van der Waals surface area (Å²) < 4.78 is 13.0. The number of benzene rings is 5. The number of nitrogens with zero attached hydrogens (tertiary/aromatic N) is 1. The van der Waals surface area contributed by atoms with Crippen molar-refractivity contribution in [2.24, 2.45) is 0 Å². The van der Waals surface area contributed by atoms with Gasteiger partial charge in [0.1, 0.15) is 0 Å². The van der Waals surface area contributed by atoms with Gasteiger partial charge in [0.25, 0.3) is 0 Å². The first-order chi connectivity index (χ1) is 19.1. The van der Waals surface area contributed by atoms with Crippen LogP contribution in [0.2, 0.25) is 0 Å². The molecule has 0 saturated carbocycles. The van der Waals surface area contributed by atoms with Gasteiger partial charge in [0, 0.05) is 30.8 Å². The van der Waals surface area contributed by atoms with Crippen molar-refractivity contribution in [3.63, 3.8) is 0 Å². The fraction of sp³-hybridized carbons (Fsp3) is 0.235. The third-order valence-electron chi connectivity index (χ3n) is 7.62. The molecule has 5 aromatic rings. The van der Waals surface area contributed by atoms with Crippen LogP contribution in [0.25, 0.3) is 21.5 Å². The fourth-order valence-electron chi connectivity index (χ4n) is 5.70. The summed E-state index contributed by atoms with van der Waals surface area (Å²) in [4.78, 5) is 2.35. The number of likely N-dealkylation sites (N-methyl/N-ethyl adjacent to an activating group) is 1. The molecule has 1 saturated heterocycles. The minimum Gasteiger partial charge on any atom is -0.399 e. The van der Waals surface area contributed by atoms with Crippen LogP contribution in [-0.4, -0.2) is 29.7 Å². The molecule has 1 heterocycles. The normalized spacial score (nSPS) is 19.6. The molecule has 0 bridgehead atoms. The summed E-state index contributed by atoms with van der Waals surface area (Å²) in [5.41, 5.74) is 11.0. The lowest BCUT2D eigenvalue weighted by Gasteiger charge is -2.38. The summed E-state index contributed by atoms with van der Waals surface area (Å²) in [6.07, 6.45) is 0.0490. The zero-order valence-corrected chi connectivity index (χ0v) is 22.2. The van der Waals surface area contributed by atoms with Crippen molar-refractivity contribution >= 4 is 27.2 Å². The average Bonchev–Trinajstić information content (AvgIpc) is 2.97. The number of hydrogen-bond donors (Lipinski definition) is 2. The van der Waals surface area contributed by atoms with Crippen molar-refractivity contribution < 1.29 is 14.6 Å². The highest BCUT2D eigenvalue weighted by Gasteiger charge is 2.33. The highest BCUT2D eigenvalue weighted by atomic mass is 16.7. The van der Waals surface area contributed by atoms with E-state index < -0.39 is 6.29 Å². The first kappa shape index (κ1) is 25.5. The van der Waals surface area contributed by atoms with E-state index >= 15 is 0 Å². The van der Waals surface area contributed by atoms with Crippen LogP contribution in [0.4, 0.5) is 5.69 Å². The Kier molecular flexibility index (Phi) is 7.31. The van der Waals surface area contributed by atoms with E-state index in [9.17, 15) is 5.11 Å². The number of ether oxygens (including phenoxy) is 2.